The van der Waals surface area contributed by atoms with Crippen molar-refractivity contribution in [2.45, 2.75) is 39.2 Å². The molecule has 0 bridgehead atoms. The van der Waals surface area contributed by atoms with Crippen LogP contribution in [0.5, 0.6) is 0 Å². The SMILES string of the molecule is CC(C)C[C@@H](NC(=O)CCCN1C(=O)c2ccccc2C1=O)c1ccccc1. The van der Waals surface area contributed by atoms with Crippen molar-refractivity contribution in [2.24, 2.45) is 5.92 Å². The predicted octanol–water partition coefficient (Wildman–Crippen LogP) is 3.97. The van der Waals surface area contributed by atoms with E-state index in [-0.39, 0.29) is 36.7 Å². The smallest absolute Gasteiger partial charge is 0.261 e. The average Bonchev–Trinajstić information content (AvgIpc) is 2.93. The van der Waals surface area contributed by atoms with Crippen molar-refractivity contribution in [3.63, 3.8) is 0 Å². The van der Waals surface area contributed by atoms with Crippen LogP contribution in [0.1, 0.15) is 65.4 Å². The monoisotopic (exact) mass is 378 g/mol. The van der Waals surface area contributed by atoms with Gasteiger partial charge in [-0.2, -0.15) is 0 Å². The van der Waals surface area contributed by atoms with E-state index < -0.39 is 0 Å². The highest BCUT2D eigenvalue weighted by molar-refractivity contribution is 6.21. The van der Waals surface area contributed by atoms with Crippen molar-refractivity contribution in [2.75, 3.05) is 6.54 Å². The molecular weight excluding hydrogens is 352 g/mol. The Morgan fingerprint density at radius 2 is 1.50 bits per heavy atom. The summed E-state index contributed by atoms with van der Waals surface area (Å²) in [6.45, 7) is 4.51. The van der Waals surface area contributed by atoms with E-state index in [1.807, 2.05) is 30.3 Å². The van der Waals surface area contributed by atoms with Crippen molar-refractivity contribution >= 4 is 17.7 Å². The highest BCUT2D eigenvalue weighted by Crippen LogP contribution is 2.23. The number of hydrogen-bond acceptors (Lipinski definition) is 3. The molecule has 146 valence electrons. The number of carbonyl (C=O) groups is 3. The molecule has 0 saturated heterocycles. The first-order valence-corrected chi connectivity index (χ1v) is 9.77. The molecule has 1 N–H and O–H groups in total. The van der Waals surface area contributed by atoms with Crippen LogP contribution in [0, 0.1) is 5.92 Å². The van der Waals surface area contributed by atoms with Gasteiger partial charge in [0.1, 0.15) is 0 Å². The summed E-state index contributed by atoms with van der Waals surface area (Å²) in [6, 6.07) is 16.7. The summed E-state index contributed by atoms with van der Waals surface area (Å²) in [7, 11) is 0. The third-order valence-corrected chi connectivity index (χ3v) is 4.91. The normalized spacial score (nSPS) is 14.3. The number of imide groups is 1. The Balaban J connectivity index is 1.54. The molecule has 1 heterocycles. The summed E-state index contributed by atoms with van der Waals surface area (Å²) in [5.74, 6) is -0.166. The Kier molecular flexibility index (Phi) is 6.24. The summed E-state index contributed by atoms with van der Waals surface area (Å²) in [6.07, 6.45) is 1.57. The highest BCUT2D eigenvalue weighted by atomic mass is 16.2. The lowest BCUT2D eigenvalue weighted by Crippen LogP contribution is -2.33. The van der Waals surface area contributed by atoms with E-state index in [0.29, 0.717) is 23.5 Å². The van der Waals surface area contributed by atoms with Crippen LogP contribution in [0.25, 0.3) is 0 Å². The van der Waals surface area contributed by atoms with E-state index in [9.17, 15) is 14.4 Å². The molecule has 5 nitrogen and oxygen atoms in total. The zero-order chi connectivity index (χ0) is 20.1. The first-order valence-electron chi connectivity index (χ1n) is 9.77. The Morgan fingerprint density at radius 1 is 0.929 bits per heavy atom. The molecule has 0 aromatic heterocycles. The van der Waals surface area contributed by atoms with Gasteiger partial charge in [-0.05, 0) is 36.5 Å². The lowest BCUT2D eigenvalue weighted by Gasteiger charge is -2.21. The van der Waals surface area contributed by atoms with Gasteiger partial charge in [-0.1, -0.05) is 56.3 Å². The lowest BCUT2D eigenvalue weighted by molar-refractivity contribution is -0.122. The molecule has 3 amide bonds. The summed E-state index contributed by atoms with van der Waals surface area (Å²) in [4.78, 5) is 38.4. The summed E-state index contributed by atoms with van der Waals surface area (Å²) >= 11 is 0. The molecule has 1 aliphatic rings. The second-order valence-corrected chi connectivity index (χ2v) is 7.57. The van der Waals surface area contributed by atoms with Crippen molar-refractivity contribution in [3.05, 3.63) is 71.3 Å². The maximum atomic E-state index is 12.5. The van der Waals surface area contributed by atoms with Crippen LogP contribution < -0.4 is 5.32 Å². The first kappa shape index (κ1) is 19.8. The Hall–Kier alpha value is -2.95. The van der Waals surface area contributed by atoms with Crippen LogP contribution >= 0.6 is 0 Å². The number of nitrogens with one attached hydrogen (secondary N) is 1. The van der Waals surface area contributed by atoms with Gasteiger partial charge in [0.2, 0.25) is 5.91 Å². The Bertz CT molecular complexity index is 826. The zero-order valence-electron chi connectivity index (χ0n) is 16.4. The maximum Gasteiger partial charge on any atom is 0.261 e. The largest absolute Gasteiger partial charge is 0.349 e. The number of hydrogen-bond donors (Lipinski definition) is 1. The molecule has 0 fully saturated rings. The number of rotatable bonds is 8. The summed E-state index contributed by atoms with van der Waals surface area (Å²) in [5, 5.41) is 3.10. The molecule has 0 saturated carbocycles. The van der Waals surface area contributed by atoms with Gasteiger partial charge in [-0.3, -0.25) is 19.3 Å². The second kappa shape index (κ2) is 8.83. The van der Waals surface area contributed by atoms with Gasteiger partial charge in [0.15, 0.2) is 0 Å². The fraction of sp³-hybridized carbons (Fsp3) is 0.348. The molecule has 28 heavy (non-hydrogen) atoms. The molecule has 5 heteroatoms. The zero-order valence-corrected chi connectivity index (χ0v) is 16.4. The van der Waals surface area contributed by atoms with Gasteiger partial charge in [0.05, 0.1) is 17.2 Å². The molecule has 2 aromatic carbocycles. The second-order valence-electron chi connectivity index (χ2n) is 7.57. The van der Waals surface area contributed by atoms with Gasteiger partial charge in [0, 0.05) is 13.0 Å². The summed E-state index contributed by atoms with van der Waals surface area (Å²) in [5.41, 5.74) is 1.97. The highest BCUT2D eigenvalue weighted by Gasteiger charge is 2.34. The van der Waals surface area contributed by atoms with Crippen LogP contribution in [0.4, 0.5) is 0 Å². The third-order valence-electron chi connectivity index (χ3n) is 4.91. The molecular formula is C23H26N2O3. The predicted molar refractivity (Wildman–Crippen MR) is 108 cm³/mol. The molecule has 3 rings (SSSR count). The topological polar surface area (TPSA) is 66.5 Å². The Labute approximate surface area is 165 Å². The van der Waals surface area contributed by atoms with Crippen molar-refractivity contribution in [1.29, 1.82) is 0 Å². The molecule has 0 unspecified atom stereocenters. The Morgan fingerprint density at radius 3 is 2.07 bits per heavy atom. The summed E-state index contributed by atoms with van der Waals surface area (Å²) < 4.78 is 0. The van der Waals surface area contributed by atoms with Crippen LogP contribution in [0.3, 0.4) is 0 Å². The van der Waals surface area contributed by atoms with Crippen LogP contribution in [-0.4, -0.2) is 29.2 Å². The van der Waals surface area contributed by atoms with Crippen LogP contribution in [0.2, 0.25) is 0 Å². The fourth-order valence-corrected chi connectivity index (χ4v) is 3.54. The van der Waals surface area contributed by atoms with Gasteiger partial charge in [-0.25, -0.2) is 0 Å². The van der Waals surface area contributed by atoms with Crippen molar-refractivity contribution in [3.8, 4) is 0 Å². The van der Waals surface area contributed by atoms with Crippen molar-refractivity contribution < 1.29 is 14.4 Å². The van der Waals surface area contributed by atoms with Crippen LogP contribution in [0.15, 0.2) is 54.6 Å². The van der Waals surface area contributed by atoms with Gasteiger partial charge in [0.25, 0.3) is 11.8 Å². The minimum atomic E-state index is -0.275. The number of carbonyl (C=O) groups excluding carboxylic acids is 3. The minimum absolute atomic E-state index is 0.0343. The fourth-order valence-electron chi connectivity index (χ4n) is 3.54. The average molecular weight is 378 g/mol. The van der Waals surface area contributed by atoms with Gasteiger partial charge >= 0.3 is 0 Å². The van der Waals surface area contributed by atoms with E-state index in [2.05, 4.69) is 19.2 Å². The van der Waals surface area contributed by atoms with E-state index in [0.717, 1.165) is 12.0 Å². The standard InChI is InChI=1S/C23H26N2O3/c1-16(2)15-20(17-9-4-3-5-10-17)24-21(26)13-8-14-25-22(27)18-11-6-7-12-19(18)23(25)28/h3-7,9-12,16,20H,8,13-15H2,1-2H3,(H,24,26)/t20-/m1/s1. The first-order chi connectivity index (χ1) is 13.5. The molecule has 0 radical (unpaired) electrons. The van der Waals surface area contributed by atoms with Gasteiger partial charge < -0.3 is 5.32 Å². The number of amides is 3. The number of benzene rings is 2. The third kappa shape index (κ3) is 4.47. The molecule has 0 aliphatic carbocycles. The van der Waals surface area contributed by atoms with E-state index in [4.69, 9.17) is 0 Å². The van der Waals surface area contributed by atoms with Crippen molar-refractivity contribution in [1.82, 2.24) is 10.2 Å². The van der Waals surface area contributed by atoms with E-state index >= 15 is 0 Å². The van der Waals surface area contributed by atoms with Crippen LogP contribution in [-0.2, 0) is 4.79 Å². The minimum Gasteiger partial charge on any atom is -0.349 e. The van der Waals surface area contributed by atoms with E-state index in [1.165, 1.54) is 4.90 Å². The number of nitrogens with zero attached hydrogens (tertiary/aromatic N) is 1. The molecule has 1 atom stereocenters. The molecule has 2 aromatic rings. The quantitative estimate of drug-likeness (QED) is 0.707. The maximum absolute atomic E-state index is 12.5. The molecule has 1 aliphatic heterocycles. The lowest BCUT2D eigenvalue weighted by atomic mass is 9.97. The van der Waals surface area contributed by atoms with E-state index in [1.54, 1.807) is 24.3 Å². The number of fused-ring (bicyclic) bond motifs is 1. The van der Waals surface area contributed by atoms with Gasteiger partial charge in [-0.15, -0.1) is 0 Å². The molecule has 0 spiro atoms.